The highest BCUT2D eigenvalue weighted by atomic mass is 35.5. The lowest BCUT2D eigenvalue weighted by Gasteiger charge is -1.97. The van der Waals surface area contributed by atoms with Crippen molar-refractivity contribution in [2.45, 2.75) is 0 Å². The van der Waals surface area contributed by atoms with E-state index in [1.807, 2.05) is 31.3 Å². The van der Waals surface area contributed by atoms with E-state index in [-0.39, 0.29) is 5.78 Å². The molecular weight excluding hydrogens is 308 g/mol. The predicted octanol–water partition coefficient (Wildman–Crippen LogP) is 4.60. The van der Waals surface area contributed by atoms with Gasteiger partial charge in [0.05, 0.1) is 17.2 Å². The summed E-state index contributed by atoms with van der Waals surface area (Å²) >= 11 is 6.33. The highest BCUT2D eigenvalue weighted by Gasteiger charge is 2.17. The summed E-state index contributed by atoms with van der Waals surface area (Å²) in [5.74, 6) is -0.142. The predicted molar refractivity (Wildman–Crippen MR) is 92.5 cm³/mol. The summed E-state index contributed by atoms with van der Waals surface area (Å²) in [6, 6.07) is 16.7. The summed E-state index contributed by atoms with van der Waals surface area (Å²) < 4.78 is 1.81. The topological polar surface area (TPSA) is 45.8 Å². The zero-order chi connectivity index (χ0) is 16.4. The maximum absolute atomic E-state index is 12.6. The molecule has 23 heavy (non-hydrogen) atoms. The molecule has 3 rings (SSSR count). The van der Waals surface area contributed by atoms with Gasteiger partial charge < -0.3 is 4.57 Å². The van der Waals surface area contributed by atoms with Gasteiger partial charge in [0, 0.05) is 18.0 Å². The van der Waals surface area contributed by atoms with Crippen molar-refractivity contribution in [1.29, 1.82) is 5.26 Å². The van der Waals surface area contributed by atoms with Gasteiger partial charge >= 0.3 is 0 Å². The first-order valence-electron chi connectivity index (χ1n) is 7.07. The van der Waals surface area contributed by atoms with Gasteiger partial charge in [-0.1, -0.05) is 48.0 Å². The Morgan fingerprint density at radius 3 is 2.57 bits per heavy atom. The van der Waals surface area contributed by atoms with E-state index in [2.05, 4.69) is 6.07 Å². The van der Waals surface area contributed by atoms with Crippen molar-refractivity contribution in [1.82, 2.24) is 4.57 Å². The van der Waals surface area contributed by atoms with Gasteiger partial charge in [-0.05, 0) is 29.8 Å². The Bertz CT molecular complexity index is 959. The van der Waals surface area contributed by atoms with Crippen molar-refractivity contribution < 1.29 is 4.79 Å². The maximum atomic E-state index is 12.6. The maximum Gasteiger partial charge on any atom is 0.189 e. The fourth-order valence-corrected chi connectivity index (χ4v) is 2.81. The van der Waals surface area contributed by atoms with E-state index < -0.39 is 0 Å². The Labute approximate surface area is 139 Å². The molecular formula is C19H13ClN2O. The largest absolute Gasteiger partial charge is 0.334 e. The summed E-state index contributed by atoms with van der Waals surface area (Å²) in [6.07, 6.45) is 3.23. The SMILES string of the molecule is Cn1c(Cl)c(C(=O)/C=C\c2ccc(C#N)cc2)c2ccccc21. The molecule has 0 fully saturated rings. The summed E-state index contributed by atoms with van der Waals surface area (Å²) in [4.78, 5) is 12.6. The molecule has 3 nitrogen and oxygen atoms in total. The second kappa shape index (κ2) is 6.12. The number of carbonyl (C=O) groups excluding carboxylic acids is 1. The van der Waals surface area contributed by atoms with Crippen molar-refractivity contribution in [2.75, 3.05) is 0 Å². The molecule has 0 aliphatic carbocycles. The first-order chi connectivity index (χ1) is 11.1. The van der Waals surface area contributed by atoms with Crippen LogP contribution in [0.15, 0.2) is 54.6 Å². The molecule has 0 atom stereocenters. The molecule has 0 saturated heterocycles. The number of carbonyl (C=O) groups is 1. The number of hydrogen-bond donors (Lipinski definition) is 0. The Morgan fingerprint density at radius 1 is 1.17 bits per heavy atom. The first-order valence-corrected chi connectivity index (χ1v) is 7.45. The van der Waals surface area contributed by atoms with Crippen LogP contribution in [-0.4, -0.2) is 10.4 Å². The lowest BCUT2D eigenvalue weighted by atomic mass is 10.1. The van der Waals surface area contributed by atoms with Crippen molar-refractivity contribution in [2.24, 2.45) is 7.05 Å². The molecule has 1 heterocycles. The fourth-order valence-electron chi connectivity index (χ4n) is 2.52. The summed E-state index contributed by atoms with van der Waals surface area (Å²) in [5, 5.41) is 10.1. The summed E-state index contributed by atoms with van der Waals surface area (Å²) in [6.45, 7) is 0. The highest BCUT2D eigenvalue weighted by molar-refractivity contribution is 6.36. The standard InChI is InChI=1S/C19H13ClN2O/c1-22-16-5-3-2-4-15(16)18(19(22)20)17(23)11-10-13-6-8-14(12-21)9-7-13/h2-11H,1H3/b11-10-. The third-order valence-corrected chi connectivity index (χ3v) is 4.19. The molecule has 2 aromatic carbocycles. The van der Waals surface area contributed by atoms with E-state index in [9.17, 15) is 4.79 Å². The number of nitriles is 1. The van der Waals surface area contributed by atoms with Crippen LogP contribution in [0.25, 0.3) is 17.0 Å². The Kier molecular flexibility index (Phi) is 4.01. The van der Waals surface area contributed by atoms with Gasteiger partial charge in [-0.25, -0.2) is 0 Å². The molecule has 0 bridgehead atoms. The van der Waals surface area contributed by atoms with Crippen LogP contribution in [0.1, 0.15) is 21.5 Å². The number of nitrogens with zero attached hydrogens (tertiary/aromatic N) is 2. The Balaban J connectivity index is 1.96. The van der Waals surface area contributed by atoms with Gasteiger partial charge in [0.2, 0.25) is 0 Å². The molecule has 0 spiro atoms. The van der Waals surface area contributed by atoms with Gasteiger partial charge in [0.15, 0.2) is 5.78 Å². The average Bonchev–Trinajstić information content (AvgIpc) is 2.85. The second-order valence-corrected chi connectivity index (χ2v) is 5.53. The lowest BCUT2D eigenvalue weighted by Crippen LogP contribution is -1.95. The molecule has 0 amide bonds. The quantitative estimate of drug-likeness (QED) is 0.523. The molecule has 0 saturated carbocycles. The lowest BCUT2D eigenvalue weighted by molar-refractivity contribution is 0.104. The van der Waals surface area contributed by atoms with Crippen molar-refractivity contribution in [3.8, 4) is 6.07 Å². The Morgan fingerprint density at radius 2 is 1.87 bits per heavy atom. The molecule has 0 aliphatic rings. The van der Waals surface area contributed by atoms with E-state index >= 15 is 0 Å². The van der Waals surface area contributed by atoms with Gasteiger partial charge in [-0.2, -0.15) is 5.26 Å². The smallest absolute Gasteiger partial charge is 0.189 e. The number of para-hydroxylation sites is 1. The number of hydrogen-bond acceptors (Lipinski definition) is 2. The minimum atomic E-state index is -0.142. The van der Waals surface area contributed by atoms with Crippen LogP contribution in [0.4, 0.5) is 0 Å². The number of aromatic nitrogens is 1. The molecule has 0 radical (unpaired) electrons. The van der Waals surface area contributed by atoms with Gasteiger partial charge in [0.1, 0.15) is 5.15 Å². The van der Waals surface area contributed by atoms with Crippen molar-refractivity contribution in [3.05, 3.63) is 76.5 Å². The molecule has 0 N–H and O–H groups in total. The van der Waals surface area contributed by atoms with E-state index in [4.69, 9.17) is 16.9 Å². The summed E-state index contributed by atoms with van der Waals surface area (Å²) in [7, 11) is 1.84. The van der Waals surface area contributed by atoms with E-state index in [1.165, 1.54) is 6.08 Å². The van der Waals surface area contributed by atoms with Crippen LogP contribution in [0.5, 0.6) is 0 Å². The number of benzene rings is 2. The average molecular weight is 321 g/mol. The van der Waals surface area contributed by atoms with Crippen LogP contribution in [-0.2, 0) is 7.05 Å². The molecule has 1 aromatic heterocycles. The number of allylic oxidation sites excluding steroid dienone is 1. The van der Waals surface area contributed by atoms with Gasteiger partial charge in [0.25, 0.3) is 0 Å². The summed E-state index contributed by atoms with van der Waals surface area (Å²) in [5.41, 5.74) is 2.88. The van der Waals surface area contributed by atoms with Crippen LogP contribution in [0.2, 0.25) is 5.15 Å². The third-order valence-electron chi connectivity index (χ3n) is 3.75. The molecule has 3 aromatic rings. The second-order valence-electron chi connectivity index (χ2n) is 5.17. The molecule has 0 aliphatic heterocycles. The van der Waals surface area contributed by atoms with E-state index in [1.54, 1.807) is 34.9 Å². The van der Waals surface area contributed by atoms with Gasteiger partial charge in [-0.15, -0.1) is 0 Å². The fraction of sp³-hybridized carbons (Fsp3) is 0.0526. The van der Waals surface area contributed by atoms with Crippen molar-refractivity contribution in [3.63, 3.8) is 0 Å². The molecule has 112 valence electrons. The van der Waals surface area contributed by atoms with E-state index in [0.29, 0.717) is 16.3 Å². The first kappa shape index (κ1) is 15.1. The normalized spacial score (nSPS) is 11.0. The van der Waals surface area contributed by atoms with Crippen LogP contribution < -0.4 is 0 Å². The van der Waals surface area contributed by atoms with E-state index in [0.717, 1.165) is 16.5 Å². The number of fused-ring (bicyclic) bond motifs is 1. The van der Waals surface area contributed by atoms with Crippen LogP contribution in [0, 0.1) is 11.3 Å². The number of halogens is 1. The van der Waals surface area contributed by atoms with Crippen LogP contribution >= 0.6 is 11.6 Å². The minimum Gasteiger partial charge on any atom is -0.334 e. The highest BCUT2D eigenvalue weighted by Crippen LogP contribution is 2.29. The number of rotatable bonds is 3. The third kappa shape index (κ3) is 2.77. The number of ketones is 1. The monoisotopic (exact) mass is 320 g/mol. The zero-order valence-corrected chi connectivity index (χ0v) is 13.2. The molecule has 4 heteroatoms. The molecule has 0 unspecified atom stereocenters. The van der Waals surface area contributed by atoms with Crippen molar-refractivity contribution >= 4 is 34.4 Å². The minimum absolute atomic E-state index is 0.142. The Hall–Kier alpha value is -2.83. The van der Waals surface area contributed by atoms with Crippen LogP contribution in [0.3, 0.4) is 0 Å². The van der Waals surface area contributed by atoms with Gasteiger partial charge in [-0.3, -0.25) is 4.79 Å². The zero-order valence-electron chi connectivity index (χ0n) is 12.5. The number of aryl methyl sites for hydroxylation is 1.